The number of nitrogen functional groups attached to an aromatic ring is 1. The second kappa shape index (κ2) is 6.61. The minimum absolute atomic E-state index is 0.676. The highest BCUT2D eigenvalue weighted by atomic mass is 15.0. The lowest BCUT2D eigenvalue weighted by molar-refractivity contribution is 1.11. The van der Waals surface area contributed by atoms with Crippen molar-refractivity contribution in [1.82, 2.24) is 9.97 Å². The van der Waals surface area contributed by atoms with Crippen molar-refractivity contribution < 1.29 is 0 Å². The molecule has 25 heavy (non-hydrogen) atoms. The number of rotatable bonds is 4. The van der Waals surface area contributed by atoms with Crippen LogP contribution >= 0.6 is 0 Å². The predicted octanol–water partition coefficient (Wildman–Crippen LogP) is 4.49. The number of para-hydroxylation sites is 1. The Kier molecular flexibility index (Phi) is 4.01. The number of benzene rings is 3. The van der Waals surface area contributed by atoms with Crippen LogP contribution in [-0.2, 0) is 6.54 Å². The Morgan fingerprint density at radius 1 is 0.760 bits per heavy atom. The lowest BCUT2D eigenvalue weighted by Crippen LogP contribution is -2.04. The van der Waals surface area contributed by atoms with Crippen LogP contribution in [0.2, 0.25) is 0 Å². The second-order valence-corrected chi connectivity index (χ2v) is 5.87. The molecule has 0 bridgehead atoms. The van der Waals surface area contributed by atoms with E-state index in [1.54, 1.807) is 0 Å². The first-order valence-electron chi connectivity index (χ1n) is 8.20. The van der Waals surface area contributed by atoms with Gasteiger partial charge in [0.1, 0.15) is 5.82 Å². The normalized spacial score (nSPS) is 10.7. The molecule has 0 spiro atoms. The van der Waals surface area contributed by atoms with Gasteiger partial charge in [0.15, 0.2) is 5.82 Å². The van der Waals surface area contributed by atoms with E-state index in [4.69, 9.17) is 15.7 Å². The summed E-state index contributed by atoms with van der Waals surface area (Å²) in [6, 6.07) is 25.9. The highest BCUT2D eigenvalue weighted by molar-refractivity contribution is 5.90. The van der Waals surface area contributed by atoms with Crippen molar-refractivity contribution in [2.45, 2.75) is 6.54 Å². The molecule has 1 aromatic heterocycles. The molecular weight excluding hydrogens is 308 g/mol. The van der Waals surface area contributed by atoms with E-state index in [1.165, 1.54) is 0 Å². The standard InChI is InChI=1S/C21H18N4/c22-17-12-10-15(11-13-17)14-23-21-18-8-4-5-9-19(18)24-20(25-21)16-6-2-1-3-7-16/h1-13H,14,22H2,(H,23,24,25). The van der Waals surface area contributed by atoms with Crippen LogP contribution < -0.4 is 11.1 Å². The van der Waals surface area contributed by atoms with Crippen LogP contribution in [0.5, 0.6) is 0 Å². The number of aromatic nitrogens is 2. The van der Waals surface area contributed by atoms with E-state index in [-0.39, 0.29) is 0 Å². The third-order valence-corrected chi connectivity index (χ3v) is 4.07. The summed E-state index contributed by atoms with van der Waals surface area (Å²) in [6.07, 6.45) is 0. The van der Waals surface area contributed by atoms with Gasteiger partial charge in [-0.25, -0.2) is 9.97 Å². The minimum Gasteiger partial charge on any atom is -0.399 e. The van der Waals surface area contributed by atoms with E-state index in [0.717, 1.165) is 39.4 Å². The molecule has 4 heteroatoms. The fraction of sp³-hybridized carbons (Fsp3) is 0.0476. The monoisotopic (exact) mass is 326 g/mol. The average molecular weight is 326 g/mol. The summed E-state index contributed by atoms with van der Waals surface area (Å²) in [6.45, 7) is 0.676. The Morgan fingerprint density at radius 2 is 1.48 bits per heavy atom. The Morgan fingerprint density at radius 3 is 2.28 bits per heavy atom. The van der Waals surface area contributed by atoms with Crippen molar-refractivity contribution >= 4 is 22.4 Å². The first-order valence-corrected chi connectivity index (χ1v) is 8.20. The zero-order chi connectivity index (χ0) is 17.1. The lowest BCUT2D eigenvalue weighted by Gasteiger charge is -2.11. The number of fused-ring (bicyclic) bond motifs is 1. The van der Waals surface area contributed by atoms with Gasteiger partial charge in [0.25, 0.3) is 0 Å². The Balaban J connectivity index is 1.72. The number of nitrogens with two attached hydrogens (primary N) is 1. The molecule has 4 aromatic rings. The van der Waals surface area contributed by atoms with Gasteiger partial charge in [-0.1, -0.05) is 54.6 Å². The summed E-state index contributed by atoms with van der Waals surface area (Å²) in [5.41, 5.74) is 9.60. The van der Waals surface area contributed by atoms with Crippen molar-refractivity contribution in [2.75, 3.05) is 11.1 Å². The largest absolute Gasteiger partial charge is 0.399 e. The molecule has 1 heterocycles. The third kappa shape index (κ3) is 3.28. The number of nitrogens with zero attached hydrogens (tertiary/aromatic N) is 2. The molecule has 0 saturated heterocycles. The fourth-order valence-corrected chi connectivity index (χ4v) is 2.75. The molecule has 4 nitrogen and oxygen atoms in total. The maximum atomic E-state index is 5.75. The number of hydrogen-bond acceptors (Lipinski definition) is 4. The number of anilines is 2. The van der Waals surface area contributed by atoms with Crippen molar-refractivity contribution in [1.29, 1.82) is 0 Å². The molecule has 0 aliphatic rings. The van der Waals surface area contributed by atoms with Crippen LogP contribution in [0.1, 0.15) is 5.56 Å². The first kappa shape index (κ1) is 15.1. The molecule has 0 amide bonds. The average Bonchev–Trinajstić information content (AvgIpc) is 2.68. The van der Waals surface area contributed by atoms with Gasteiger partial charge in [-0.05, 0) is 29.8 Å². The molecule has 3 aromatic carbocycles. The van der Waals surface area contributed by atoms with E-state index in [2.05, 4.69) is 5.32 Å². The molecule has 3 N–H and O–H groups in total. The molecule has 0 aliphatic carbocycles. The van der Waals surface area contributed by atoms with Crippen LogP contribution in [-0.4, -0.2) is 9.97 Å². The smallest absolute Gasteiger partial charge is 0.162 e. The molecule has 0 unspecified atom stereocenters. The van der Waals surface area contributed by atoms with Crippen molar-refractivity contribution in [3.63, 3.8) is 0 Å². The van der Waals surface area contributed by atoms with Gasteiger partial charge in [0.2, 0.25) is 0 Å². The molecular formula is C21H18N4. The molecule has 0 radical (unpaired) electrons. The lowest BCUT2D eigenvalue weighted by atomic mass is 10.1. The molecule has 0 fully saturated rings. The summed E-state index contributed by atoms with van der Waals surface area (Å²) in [5, 5.41) is 4.45. The third-order valence-electron chi connectivity index (χ3n) is 4.07. The maximum absolute atomic E-state index is 5.75. The van der Waals surface area contributed by atoms with E-state index in [0.29, 0.717) is 6.54 Å². The molecule has 0 aliphatic heterocycles. The quantitative estimate of drug-likeness (QED) is 0.542. The van der Waals surface area contributed by atoms with Crippen molar-refractivity contribution in [2.24, 2.45) is 0 Å². The van der Waals surface area contributed by atoms with Gasteiger partial charge in [-0.15, -0.1) is 0 Å². The zero-order valence-electron chi connectivity index (χ0n) is 13.7. The van der Waals surface area contributed by atoms with Crippen molar-refractivity contribution in [3.05, 3.63) is 84.4 Å². The number of nitrogens with one attached hydrogen (secondary N) is 1. The van der Waals surface area contributed by atoms with Gasteiger partial charge in [-0.2, -0.15) is 0 Å². The van der Waals surface area contributed by atoms with Gasteiger partial charge in [0, 0.05) is 23.2 Å². The first-order chi connectivity index (χ1) is 12.3. The van der Waals surface area contributed by atoms with Crippen LogP contribution in [0.4, 0.5) is 11.5 Å². The van der Waals surface area contributed by atoms with Crippen LogP contribution in [0.25, 0.3) is 22.3 Å². The highest BCUT2D eigenvalue weighted by Gasteiger charge is 2.09. The van der Waals surface area contributed by atoms with Crippen LogP contribution in [0, 0.1) is 0 Å². The van der Waals surface area contributed by atoms with Crippen molar-refractivity contribution in [3.8, 4) is 11.4 Å². The SMILES string of the molecule is Nc1ccc(CNc2nc(-c3ccccc3)nc3ccccc23)cc1. The summed E-state index contributed by atoms with van der Waals surface area (Å²) in [4.78, 5) is 9.46. The molecule has 122 valence electrons. The Labute approximate surface area is 146 Å². The van der Waals surface area contributed by atoms with E-state index in [1.807, 2.05) is 78.9 Å². The highest BCUT2D eigenvalue weighted by Crippen LogP contribution is 2.25. The Hall–Kier alpha value is -3.40. The summed E-state index contributed by atoms with van der Waals surface area (Å²) in [5.74, 6) is 1.56. The maximum Gasteiger partial charge on any atom is 0.162 e. The van der Waals surface area contributed by atoms with E-state index < -0.39 is 0 Å². The van der Waals surface area contributed by atoms with Crippen LogP contribution in [0.15, 0.2) is 78.9 Å². The minimum atomic E-state index is 0.676. The Bertz CT molecular complexity index is 995. The van der Waals surface area contributed by atoms with E-state index >= 15 is 0 Å². The molecule has 0 saturated carbocycles. The topological polar surface area (TPSA) is 63.8 Å². The molecule has 0 atom stereocenters. The summed E-state index contributed by atoms with van der Waals surface area (Å²) >= 11 is 0. The summed E-state index contributed by atoms with van der Waals surface area (Å²) < 4.78 is 0. The fourth-order valence-electron chi connectivity index (χ4n) is 2.75. The zero-order valence-corrected chi connectivity index (χ0v) is 13.7. The van der Waals surface area contributed by atoms with Gasteiger partial charge in [-0.3, -0.25) is 0 Å². The summed E-state index contributed by atoms with van der Waals surface area (Å²) in [7, 11) is 0. The van der Waals surface area contributed by atoms with Gasteiger partial charge >= 0.3 is 0 Å². The van der Waals surface area contributed by atoms with E-state index in [9.17, 15) is 0 Å². The van der Waals surface area contributed by atoms with Gasteiger partial charge in [0.05, 0.1) is 5.52 Å². The van der Waals surface area contributed by atoms with Gasteiger partial charge < -0.3 is 11.1 Å². The predicted molar refractivity (Wildman–Crippen MR) is 103 cm³/mol. The molecule has 4 rings (SSSR count). The van der Waals surface area contributed by atoms with Crippen LogP contribution in [0.3, 0.4) is 0 Å². The number of hydrogen-bond donors (Lipinski definition) is 2. The second-order valence-electron chi connectivity index (χ2n) is 5.87.